The molecular weight excluding hydrogens is 354 g/mol. The van der Waals surface area contributed by atoms with Gasteiger partial charge in [0.15, 0.2) is 5.65 Å². The minimum atomic E-state index is -0.161. The molecule has 4 rings (SSSR count). The van der Waals surface area contributed by atoms with Gasteiger partial charge in [-0.25, -0.2) is 9.50 Å². The van der Waals surface area contributed by atoms with E-state index >= 15 is 0 Å². The van der Waals surface area contributed by atoms with Crippen molar-refractivity contribution >= 4 is 5.65 Å². The van der Waals surface area contributed by atoms with Crippen molar-refractivity contribution in [1.29, 1.82) is 0 Å². The van der Waals surface area contributed by atoms with Gasteiger partial charge in [0, 0.05) is 23.4 Å². The molecule has 0 saturated carbocycles. The Bertz CT molecular complexity index is 1140. The van der Waals surface area contributed by atoms with Crippen LogP contribution >= 0.6 is 0 Å². The lowest BCUT2D eigenvalue weighted by molar-refractivity contribution is 0.340. The van der Waals surface area contributed by atoms with E-state index in [0.717, 1.165) is 28.2 Å². The molecule has 0 aliphatic heterocycles. The monoisotopic (exact) mass is 375 g/mol. The Morgan fingerprint density at radius 1 is 0.893 bits per heavy atom. The molecule has 0 aliphatic rings. The summed E-state index contributed by atoms with van der Waals surface area (Å²) in [5.74, 6) is 1.60. The van der Waals surface area contributed by atoms with Gasteiger partial charge in [0.25, 0.3) is 5.56 Å². The molecule has 0 aliphatic carbocycles. The first kappa shape index (κ1) is 17.9. The number of nitrogens with zero attached hydrogens (tertiary/aromatic N) is 2. The molecule has 0 radical (unpaired) electrons. The van der Waals surface area contributed by atoms with Crippen LogP contribution in [-0.2, 0) is 0 Å². The average molecular weight is 375 g/mol. The van der Waals surface area contributed by atoms with Crippen LogP contribution < -0.4 is 15.0 Å². The van der Waals surface area contributed by atoms with Crippen molar-refractivity contribution in [2.45, 2.75) is 13.8 Å². The largest absolute Gasteiger partial charge is 0.494 e. The van der Waals surface area contributed by atoms with Crippen molar-refractivity contribution in [2.24, 2.45) is 0 Å². The number of aromatic nitrogens is 3. The Labute approximate surface area is 162 Å². The van der Waals surface area contributed by atoms with Gasteiger partial charge in [0.1, 0.15) is 11.5 Å². The zero-order valence-corrected chi connectivity index (χ0v) is 15.8. The number of hydrogen-bond acceptors (Lipinski definition) is 4. The zero-order valence-electron chi connectivity index (χ0n) is 15.8. The summed E-state index contributed by atoms with van der Waals surface area (Å²) >= 11 is 0. The first-order valence-corrected chi connectivity index (χ1v) is 9.27. The maximum Gasteiger partial charge on any atom is 0.273 e. The number of H-pyrrole nitrogens is 1. The van der Waals surface area contributed by atoms with Gasteiger partial charge in [-0.15, -0.1) is 0 Å². The molecule has 0 unspecified atom stereocenters. The quantitative estimate of drug-likeness (QED) is 0.550. The highest BCUT2D eigenvalue weighted by atomic mass is 16.5. The number of fused-ring (bicyclic) bond motifs is 1. The normalized spacial score (nSPS) is 10.9. The van der Waals surface area contributed by atoms with Crippen molar-refractivity contribution < 1.29 is 9.47 Å². The van der Waals surface area contributed by atoms with Crippen molar-refractivity contribution in [2.75, 3.05) is 13.2 Å². The minimum Gasteiger partial charge on any atom is -0.494 e. The number of nitrogens with one attached hydrogen (secondary N) is 1. The Balaban J connectivity index is 1.77. The van der Waals surface area contributed by atoms with Gasteiger partial charge >= 0.3 is 0 Å². The van der Waals surface area contributed by atoms with E-state index in [4.69, 9.17) is 14.5 Å². The lowest BCUT2D eigenvalue weighted by Gasteiger charge is -2.06. The second kappa shape index (κ2) is 7.60. The van der Waals surface area contributed by atoms with Gasteiger partial charge < -0.3 is 9.47 Å². The maximum atomic E-state index is 12.6. The van der Waals surface area contributed by atoms with Crippen LogP contribution in [0.4, 0.5) is 0 Å². The third-order valence-electron chi connectivity index (χ3n) is 4.44. The fourth-order valence-corrected chi connectivity index (χ4v) is 3.13. The highest BCUT2D eigenvalue weighted by molar-refractivity contribution is 5.78. The summed E-state index contributed by atoms with van der Waals surface area (Å²) in [5, 5.41) is 2.99. The summed E-state index contributed by atoms with van der Waals surface area (Å²) < 4.78 is 12.4. The molecule has 4 aromatic rings. The van der Waals surface area contributed by atoms with E-state index in [1.165, 1.54) is 10.6 Å². The second-order valence-electron chi connectivity index (χ2n) is 6.24. The molecule has 2 heterocycles. The summed E-state index contributed by atoms with van der Waals surface area (Å²) in [6, 6.07) is 16.9. The number of rotatable bonds is 6. The van der Waals surface area contributed by atoms with Crippen LogP contribution in [0.25, 0.3) is 28.0 Å². The first-order chi connectivity index (χ1) is 13.7. The summed E-state index contributed by atoms with van der Waals surface area (Å²) in [6.07, 6.45) is 1.79. The van der Waals surface area contributed by atoms with Crippen LogP contribution in [0.3, 0.4) is 0 Å². The van der Waals surface area contributed by atoms with Crippen LogP contribution in [0, 0.1) is 0 Å². The maximum absolute atomic E-state index is 12.6. The van der Waals surface area contributed by atoms with Crippen LogP contribution in [0.15, 0.2) is 65.6 Å². The topological polar surface area (TPSA) is 68.6 Å². The molecule has 0 spiro atoms. The third kappa shape index (κ3) is 3.36. The second-order valence-corrected chi connectivity index (χ2v) is 6.24. The Morgan fingerprint density at radius 3 is 2.04 bits per heavy atom. The standard InChI is InChI=1S/C22H21N3O3/c1-3-27-17-9-5-15(6-10-17)19-14-23-25-21(26)13-20(24-22(19)25)16-7-11-18(12-8-16)28-4-2/h5-14,23H,3-4H2,1-2H3. The van der Waals surface area contributed by atoms with E-state index in [1.54, 1.807) is 6.20 Å². The predicted octanol–water partition coefficient (Wildman–Crippen LogP) is 4.15. The van der Waals surface area contributed by atoms with Crippen molar-refractivity contribution in [3.05, 3.63) is 71.1 Å². The van der Waals surface area contributed by atoms with E-state index < -0.39 is 0 Å². The Kier molecular flexibility index (Phi) is 4.85. The highest BCUT2D eigenvalue weighted by Gasteiger charge is 2.12. The fraction of sp³-hybridized carbons (Fsp3) is 0.182. The van der Waals surface area contributed by atoms with Crippen molar-refractivity contribution in [3.63, 3.8) is 0 Å². The van der Waals surface area contributed by atoms with Gasteiger partial charge in [-0.05, 0) is 55.8 Å². The molecular formula is C22H21N3O3. The van der Waals surface area contributed by atoms with Gasteiger partial charge in [0.05, 0.1) is 18.9 Å². The van der Waals surface area contributed by atoms with Crippen molar-refractivity contribution in [1.82, 2.24) is 14.6 Å². The van der Waals surface area contributed by atoms with E-state index in [1.807, 2.05) is 62.4 Å². The first-order valence-electron chi connectivity index (χ1n) is 9.27. The SMILES string of the molecule is CCOc1ccc(-c2cc(=O)n3[nH]cc(-c4ccc(OCC)cc4)c3n2)cc1. The lowest BCUT2D eigenvalue weighted by Crippen LogP contribution is -2.14. The van der Waals surface area contributed by atoms with E-state index in [2.05, 4.69) is 5.10 Å². The van der Waals surface area contributed by atoms with Crippen LogP contribution in [0.2, 0.25) is 0 Å². The lowest BCUT2D eigenvalue weighted by atomic mass is 10.1. The van der Waals surface area contributed by atoms with E-state index in [0.29, 0.717) is 24.6 Å². The third-order valence-corrected chi connectivity index (χ3v) is 4.44. The van der Waals surface area contributed by atoms with Gasteiger partial charge in [-0.1, -0.05) is 12.1 Å². The number of aromatic amines is 1. The summed E-state index contributed by atoms with van der Waals surface area (Å²) in [5.41, 5.74) is 3.72. The van der Waals surface area contributed by atoms with Crippen LogP contribution in [0.5, 0.6) is 11.5 Å². The number of hydrogen-bond donors (Lipinski definition) is 1. The predicted molar refractivity (Wildman–Crippen MR) is 109 cm³/mol. The van der Waals surface area contributed by atoms with Crippen LogP contribution in [0.1, 0.15) is 13.8 Å². The fourth-order valence-electron chi connectivity index (χ4n) is 3.13. The summed E-state index contributed by atoms with van der Waals surface area (Å²) in [7, 11) is 0. The Hall–Kier alpha value is -3.54. The molecule has 2 aromatic heterocycles. The molecule has 28 heavy (non-hydrogen) atoms. The summed E-state index contributed by atoms with van der Waals surface area (Å²) in [6.45, 7) is 5.12. The van der Waals surface area contributed by atoms with Gasteiger partial charge in [-0.3, -0.25) is 9.89 Å². The zero-order chi connectivity index (χ0) is 19.5. The Morgan fingerprint density at radius 2 is 1.46 bits per heavy atom. The van der Waals surface area contributed by atoms with E-state index in [-0.39, 0.29) is 5.56 Å². The number of benzene rings is 2. The molecule has 1 N–H and O–H groups in total. The molecule has 0 saturated heterocycles. The molecule has 6 nitrogen and oxygen atoms in total. The smallest absolute Gasteiger partial charge is 0.273 e. The average Bonchev–Trinajstić information content (AvgIpc) is 3.14. The van der Waals surface area contributed by atoms with Gasteiger partial charge in [-0.2, -0.15) is 0 Å². The van der Waals surface area contributed by atoms with Gasteiger partial charge in [0.2, 0.25) is 0 Å². The molecule has 2 aromatic carbocycles. The molecule has 0 bridgehead atoms. The van der Waals surface area contributed by atoms with E-state index in [9.17, 15) is 4.79 Å². The summed E-state index contributed by atoms with van der Waals surface area (Å²) in [4.78, 5) is 17.3. The number of ether oxygens (including phenoxy) is 2. The molecule has 0 atom stereocenters. The van der Waals surface area contributed by atoms with Crippen LogP contribution in [-0.4, -0.2) is 27.8 Å². The molecule has 6 heteroatoms. The minimum absolute atomic E-state index is 0.161. The highest BCUT2D eigenvalue weighted by Crippen LogP contribution is 2.27. The van der Waals surface area contributed by atoms with Crippen molar-refractivity contribution in [3.8, 4) is 33.9 Å². The molecule has 0 fully saturated rings. The molecule has 0 amide bonds. The molecule has 142 valence electrons.